The smallest absolute Gasteiger partial charge is 0.275 e. The molecular weight excluding hydrogens is 270 g/mol. The van der Waals surface area contributed by atoms with Gasteiger partial charge >= 0.3 is 0 Å². The fourth-order valence-electron chi connectivity index (χ4n) is 1.75. The summed E-state index contributed by atoms with van der Waals surface area (Å²) < 4.78 is 5.36. The summed E-state index contributed by atoms with van der Waals surface area (Å²) in [5, 5.41) is 10.5. The van der Waals surface area contributed by atoms with Crippen LogP contribution < -0.4 is 5.32 Å². The molecule has 0 fully saturated rings. The molecule has 2 heterocycles. The van der Waals surface area contributed by atoms with Gasteiger partial charge < -0.3 is 9.73 Å². The van der Waals surface area contributed by atoms with Gasteiger partial charge in [0.1, 0.15) is 5.69 Å². The van der Waals surface area contributed by atoms with Crippen LogP contribution in [0.5, 0.6) is 0 Å². The van der Waals surface area contributed by atoms with Crippen molar-refractivity contribution < 1.29 is 9.21 Å². The Morgan fingerprint density at radius 1 is 1.24 bits per heavy atom. The zero-order valence-corrected chi connectivity index (χ0v) is 11.1. The normalized spacial score (nSPS) is 10.3. The third-order valence-corrected chi connectivity index (χ3v) is 2.69. The Morgan fingerprint density at radius 2 is 2.14 bits per heavy atom. The van der Waals surface area contributed by atoms with E-state index in [9.17, 15) is 4.79 Å². The predicted octanol–water partition coefficient (Wildman–Crippen LogP) is 2.09. The van der Waals surface area contributed by atoms with Gasteiger partial charge in [0, 0.05) is 30.6 Å². The maximum absolute atomic E-state index is 12.0. The lowest BCUT2D eigenvalue weighted by atomic mass is 10.2. The Balaban J connectivity index is 1.82. The van der Waals surface area contributed by atoms with Crippen LogP contribution in [0, 0.1) is 6.92 Å². The third-order valence-electron chi connectivity index (χ3n) is 2.69. The molecule has 0 saturated heterocycles. The first-order valence-electron chi connectivity index (χ1n) is 6.20. The van der Waals surface area contributed by atoms with Crippen LogP contribution in [0.3, 0.4) is 0 Å². The van der Waals surface area contributed by atoms with Crippen LogP contribution in [0.15, 0.2) is 47.3 Å². The maximum Gasteiger partial charge on any atom is 0.275 e. The fourth-order valence-corrected chi connectivity index (χ4v) is 1.75. The highest BCUT2D eigenvalue weighted by Crippen LogP contribution is 2.21. The van der Waals surface area contributed by atoms with E-state index in [4.69, 9.17) is 4.42 Å². The van der Waals surface area contributed by atoms with Crippen molar-refractivity contribution in [3.05, 3.63) is 54.4 Å². The standard InChI is InChI=1S/C14H11N5O2/c1-9-18-19-14(21-9)10-3-2-4-11(7-10)17-13(20)12-8-15-5-6-16-12/h2-8H,1H3,(H,17,20). The second kappa shape index (κ2) is 5.49. The van der Waals surface area contributed by atoms with E-state index < -0.39 is 0 Å². The van der Waals surface area contributed by atoms with E-state index in [0.29, 0.717) is 17.5 Å². The minimum atomic E-state index is -0.332. The molecule has 104 valence electrons. The summed E-state index contributed by atoms with van der Waals surface area (Å²) >= 11 is 0. The molecule has 0 atom stereocenters. The van der Waals surface area contributed by atoms with Crippen molar-refractivity contribution in [2.75, 3.05) is 5.32 Å². The quantitative estimate of drug-likeness (QED) is 0.790. The van der Waals surface area contributed by atoms with Crippen molar-refractivity contribution in [3.63, 3.8) is 0 Å². The van der Waals surface area contributed by atoms with E-state index >= 15 is 0 Å². The molecular formula is C14H11N5O2. The van der Waals surface area contributed by atoms with Crippen LogP contribution in [0.2, 0.25) is 0 Å². The molecule has 3 aromatic rings. The zero-order valence-electron chi connectivity index (χ0n) is 11.1. The van der Waals surface area contributed by atoms with Crippen LogP contribution in [0.1, 0.15) is 16.4 Å². The molecule has 0 spiro atoms. The summed E-state index contributed by atoms with van der Waals surface area (Å²) in [4.78, 5) is 19.8. The number of hydrogen-bond acceptors (Lipinski definition) is 6. The monoisotopic (exact) mass is 281 g/mol. The van der Waals surface area contributed by atoms with Gasteiger partial charge in [-0.1, -0.05) is 6.07 Å². The van der Waals surface area contributed by atoms with Gasteiger partial charge in [0.2, 0.25) is 11.8 Å². The van der Waals surface area contributed by atoms with Crippen molar-refractivity contribution in [2.24, 2.45) is 0 Å². The predicted molar refractivity (Wildman–Crippen MR) is 74.5 cm³/mol. The van der Waals surface area contributed by atoms with Gasteiger partial charge in [0.05, 0.1) is 6.20 Å². The molecule has 0 aliphatic heterocycles. The van der Waals surface area contributed by atoms with Crippen molar-refractivity contribution >= 4 is 11.6 Å². The number of amides is 1. The van der Waals surface area contributed by atoms with E-state index in [2.05, 4.69) is 25.5 Å². The lowest BCUT2D eigenvalue weighted by Crippen LogP contribution is -2.13. The van der Waals surface area contributed by atoms with Crippen LogP contribution in [-0.2, 0) is 0 Å². The van der Waals surface area contributed by atoms with E-state index in [0.717, 1.165) is 5.56 Å². The molecule has 0 bridgehead atoms. The number of rotatable bonds is 3. The van der Waals surface area contributed by atoms with E-state index in [1.165, 1.54) is 18.6 Å². The first-order valence-corrected chi connectivity index (χ1v) is 6.20. The van der Waals surface area contributed by atoms with Crippen molar-refractivity contribution in [3.8, 4) is 11.5 Å². The van der Waals surface area contributed by atoms with Crippen molar-refractivity contribution in [1.82, 2.24) is 20.2 Å². The van der Waals surface area contributed by atoms with Crippen molar-refractivity contribution in [2.45, 2.75) is 6.92 Å². The lowest BCUT2D eigenvalue weighted by Gasteiger charge is -2.05. The Hall–Kier alpha value is -3.09. The lowest BCUT2D eigenvalue weighted by molar-refractivity contribution is 0.102. The molecule has 21 heavy (non-hydrogen) atoms. The van der Waals surface area contributed by atoms with Gasteiger partial charge in [-0.05, 0) is 18.2 Å². The Kier molecular flexibility index (Phi) is 3.38. The number of anilines is 1. The van der Waals surface area contributed by atoms with Crippen LogP contribution in [0.25, 0.3) is 11.5 Å². The molecule has 7 heteroatoms. The highest BCUT2D eigenvalue weighted by molar-refractivity contribution is 6.02. The average Bonchev–Trinajstić information content (AvgIpc) is 2.95. The van der Waals surface area contributed by atoms with E-state index in [-0.39, 0.29) is 11.6 Å². The van der Waals surface area contributed by atoms with Crippen LogP contribution >= 0.6 is 0 Å². The molecule has 1 amide bonds. The number of nitrogens with one attached hydrogen (secondary N) is 1. The number of benzene rings is 1. The summed E-state index contributed by atoms with van der Waals surface area (Å²) in [5.41, 5.74) is 1.59. The summed E-state index contributed by atoms with van der Waals surface area (Å²) in [5.74, 6) is 0.559. The zero-order chi connectivity index (χ0) is 14.7. The molecule has 3 rings (SSSR count). The minimum absolute atomic E-state index is 0.247. The Morgan fingerprint density at radius 3 is 2.86 bits per heavy atom. The van der Waals surface area contributed by atoms with Crippen molar-refractivity contribution in [1.29, 1.82) is 0 Å². The van der Waals surface area contributed by atoms with Gasteiger partial charge in [0.25, 0.3) is 5.91 Å². The highest BCUT2D eigenvalue weighted by Gasteiger charge is 2.10. The second-order valence-electron chi connectivity index (χ2n) is 4.25. The third kappa shape index (κ3) is 2.92. The summed E-state index contributed by atoms with van der Waals surface area (Å²) in [6, 6.07) is 7.13. The topological polar surface area (TPSA) is 93.8 Å². The first kappa shape index (κ1) is 12.9. The molecule has 1 N–H and O–H groups in total. The molecule has 0 saturated carbocycles. The first-order chi connectivity index (χ1) is 10.2. The van der Waals surface area contributed by atoms with Gasteiger partial charge in [0.15, 0.2) is 0 Å². The number of carbonyl (C=O) groups is 1. The molecule has 0 aliphatic carbocycles. The average molecular weight is 281 g/mol. The minimum Gasteiger partial charge on any atom is -0.421 e. The molecule has 0 radical (unpaired) electrons. The van der Waals surface area contributed by atoms with Gasteiger partial charge in [-0.15, -0.1) is 10.2 Å². The molecule has 2 aromatic heterocycles. The summed E-state index contributed by atoms with van der Waals surface area (Å²) in [7, 11) is 0. The van der Waals surface area contributed by atoms with Gasteiger partial charge in [-0.3, -0.25) is 9.78 Å². The SMILES string of the molecule is Cc1nnc(-c2cccc(NC(=O)c3cnccn3)c2)o1. The highest BCUT2D eigenvalue weighted by atomic mass is 16.4. The fraction of sp³-hybridized carbons (Fsp3) is 0.0714. The molecule has 0 unspecified atom stereocenters. The number of aryl methyl sites for hydroxylation is 1. The van der Waals surface area contributed by atoms with E-state index in [1.54, 1.807) is 25.1 Å². The maximum atomic E-state index is 12.0. The number of hydrogen-bond donors (Lipinski definition) is 1. The van der Waals surface area contributed by atoms with Crippen LogP contribution in [0.4, 0.5) is 5.69 Å². The summed E-state index contributed by atoms with van der Waals surface area (Å²) in [6.07, 6.45) is 4.38. The largest absolute Gasteiger partial charge is 0.421 e. The Bertz CT molecular complexity index is 770. The number of nitrogens with zero attached hydrogens (tertiary/aromatic N) is 4. The Labute approximate surface area is 120 Å². The van der Waals surface area contributed by atoms with Crippen LogP contribution in [-0.4, -0.2) is 26.1 Å². The molecule has 1 aromatic carbocycles. The number of carbonyl (C=O) groups excluding carboxylic acids is 1. The van der Waals surface area contributed by atoms with E-state index in [1.807, 2.05) is 6.07 Å². The molecule has 7 nitrogen and oxygen atoms in total. The second-order valence-corrected chi connectivity index (χ2v) is 4.25. The number of aromatic nitrogens is 4. The molecule has 0 aliphatic rings. The van der Waals surface area contributed by atoms with Gasteiger partial charge in [-0.2, -0.15) is 0 Å². The summed E-state index contributed by atoms with van der Waals surface area (Å²) in [6.45, 7) is 1.72. The van der Waals surface area contributed by atoms with Gasteiger partial charge in [-0.25, -0.2) is 4.98 Å².